The van der Waals surface area contributed by atoms with Crippen molar-refractivity contribution in [1.29, 1.82) is 0 Å². The molecule has 2 aliphatic rings. The van der Waals surface area contributed by atoms with Gasteiger partial charge in [-0.1, -0.05) is 28.4 Å². The second-order valence-electron chi connectivity index (χ2n) is 8.11. The lowest BCUT2D eigenvalue weighted by molar-refractivity contribution is 0.363. The van der Waals surface area contributed by atoms with Gasteiger partial charge >= 0.3 is 0 Å². The lowest BCUT2D eigenvalue weighted by atomic mass is 10.2. The zero-order valence-electron chi connectivity index (χ0n) is 16.4. The molecule has 0 bridgehead atoms. The molecule has 0 amide bonds. The minimum atomic E-state index is -0.190. The van der Waals surface area contributed by atoms with E-state index in [1.54, 1.807) is 17.9 Å². The van der Waals surface area contributed by atoms with Crippen LogP contribution in [0.2, 0.25) is 10.0 Å². The van der Waals surface area contributed by atoms with Crippen molar-refractivity contribution in [2.24, 2.45) is 18.9 Å². The van der Waals surface area contributed by atoms with E-state index in [0.717, 1.165) is 18.8 Å². The number of anilines is 1. The first-order valence-electron chi connectivity index (χ1n) is 9.88. The molecule has 0 spiro atoms. The first-order chi connectivity index (χ1) is 15.0. The molecule has 1 aromatic carbocycles. The second-order valence-corrected chi connectivity index (χ2v) is 8.92. The highest BCUT2D eigenvalue weighted by molar-refractivity contribution is 6.42. The van der Waals surface area contributed by atoms with Gasteiger partial charge in [0.2, 0.25) is 5.89 Å². The van der Waals surface area contributed by atoms with E-state index in [4.69, 9.17) is 27.7 Å². The van der Waals surface area contributed by atoms with Crippen molar-refractivity contribution in [1.82, 2.24) is 29.2 Å². The van der Waals surface area contributed by atoms with Gasteiger partial charge in [-0.2, -0.15) is 4.98 Å². The topological polar surface area (TPSA) is 94.9 Å². The van der Waals surface area contributed by atoms with Crippen LogP contribution in [0.5, 0.6) is 0 Å². The zero-order valence-corrected chi connectivity index (χ0v) is 18.0. The third kappa shape index (κ3) is 3.02. The van der Waals surface area contributed by atoms with E-state index >= 15 is 0 Å². The molecule has 9 nitrogen and oxygen atoms in total. The van der Waals surface area contributed by atoms with Crippen molar-refractivity contribution in [2.75, 3.05) is 18.0 Å². The Morgan fingerprint density at radius 3 is 2.68 bits per heavy atom. The summed E-state index contributed by atoms with van der Waals surface area (Å²) in [4.78, 5) is 27.9. The summed E-state index contributed by atoms with van der Waals surface area (Å²) in [5.74, 6) is 2.35. The number of fused-ring (bicyclic) bond motifs is 2. The highest BCUT2D eigenvalue weighted by atomic mass is 35.5. The highest BCUT2D eigenvalue weighted by Crippen LogP contribution is 2.58. The van der Waals surface area contributed by atoms with Crippen LogP contribution in [-0.2, 0) is 13.6 Å². The van der Waals surface area contributed by atoms with E-state index < -0.39 is 0 Å². The maximum Gasteiger partial charge on any atom is 0.280 e. The third-order valence-corrected chi connectivity index (χ3v) is 6.99. The van der Waals surface area contributed by atoms with Crippen molar-refractivity contribution in [3.63, 3.8) is 0 Å². The summed E-state index contributed by atoms with van der Waals surface area (Å²) >= 11 is 12.2. The summed E-state index contributed by atoms with van der Waals surface area (Å²) in [6.07, 6.45) is 3.03. The molecule has 1 saturated carbocycles. The number of piperidine rings is 1. The number of rotatable bonds is 4. The van der Waals surface area contributed by atoms with Gasteiger partial charge in [-0.05, 0) is 30.0 Å². The fourth-order valence-corrected chi connectivity index (χ4v) is 4.89. The minimum absolute atomic E-state index is 0.178. The minimum Gasteiger partial charge on any atom is -0.371 e. The molecule has 158 valence electrons. The molecule has 1 aliphatic carbocycles. The van der Waals surface area contributed by atoms with E-state index in [0.29, 0.717) is 44.8 Å². The largest absolute Gasteiger partial charge is 0.371 e. The Hall–Kier alpha value is -2.91. The van der Waals surface area contributed by atoms with Crippen molar-refractivity contribution < 1.29 is 4.52 Å². The van der Waals surface area contributed by atoms with E-state index in [1.165, 1.54) is 10.9 Å². The molecule has 0 radical (unpaired) electrons. The van der Waals surface area contributed by atoms with Crippen molar-refractivity contribution in [3.8, 4) is 0 Å². The highest BCUT2D eigenvalue weighted by Gasteiger charge is 2.58. The molecule has 6 rings (SSSR count). The maximum atomic E-state index is 12.7. The van der Waals surface area contributed by atoms with Crippen LogP contribution in [0.1, 0.15) is 17.6 Å². The van der Waals surface area contributed by atoms with Gasteiger partial charge in [0.15, 0.2) is 17.0 Å². The van der Waals surface area contributed by atoms with Gasteiger partial charge in [0.1, 0.15) is 12.9 Å². The summed E-state index contributed by atoms with van der Waals surface area (Å²) in [7, 11) is 1.76. The predicted octanol–water partition coefficient (Wildman–Crippen LogP) is 2.72. The summed E-state index contributed by atoms with van der Waals surface area (Å²) < 4.78 is 8.56. The molecular weight excluding hydrogens is 441 g/mol. The maximum absolute atomic E-state index is 12.7. The average Bonchev–Trinajstić information content (AvgIpc) is 3.18. The van der Waals surface area contributed by atoms with Gasteiger partial charge in [0.25, 0.3) is 5.56 Å². The number of aryl methyl sites for hydroxylation is 1. The quantitative estimate of drug-likeness (QED) is 0.464. The van der Waals surface area contributed by atoms with Crippen LogP contribution in [0.3, 0.4) is 0 Å². The zero-order chi connectivity index (χ0) is 21.3. The second kappa shape index (κ2) is 6.80. The van der Waals surface area contributed by atoms with E-state index in [9.17, 15) is 4.79 Å². The number of hydrogen-bond acceptors (Lipinski definition) is 7. The van der Waals surface area contributed by atoms with Gasteiger partial charge in [0, 0.05) is 31.7 Å². The number of hydrogen-bond donors (Lipinski definition) is 0. The number of nitrogens with zero attached hydrogens (tertiary/aromatic N) is 7. The predicted molar refractivity (Wildman–Crippen MR) is 115 cm³/mol. The van der Waals surface area contributed by atoms with E-state index in [-0.39, 0.29) is 18.0 Å². The Bertz CT molecular complexity index is 1370. The van der Waals surface area contributed by atoms with Crippen LogP contribution in [0, 0.1) is 11.8 Å². The normalized spacial score (nSPS) is 22.3. The Balaban J connectivity index is 1.16. The number of halogens is 2. The molecule has 11 heteroatoms. The number of imidazole rings is 1. The van der Waals surface area contributed by atoms with Gasteiger partial charge < -0.3 is 14.0 Å². The van der Waals surface area contributed by atoms with Crippen molar-refractivity contribution >= 4 is 40.1 Å². The Labute approximate surface area is 186 Å². The SMILES string of the molecule is Cn1cnc2ncn(Cc3nc(C4[C@H]5CN(c6ccc(Cl)c(Cl)c6)C[C@@H]45)no3)c(=O)c21. The van der Waals surface area contributed by atoms with Crippen molar-refractivity contribution in [3.05, 3.63) is 63.0 Å². The molecule has 3 aromatic heterocycles. The molecule has 1 unspecified atom stereocenters. The number of benzene rings is 1. The van der Waals surface area contributed by atoms with Crippen LogP contribution < -0.4 is 10.5 Å². The molecule has 31 heavy (non-hydrogen) atoms. The molecule has 4 aromatic rings. The van der Waals surface area contributed by atoms with Gasteiger partial charge in [-0.25, -0.2) is 9.97 Å². The van der Waals surface area contributed by atoms with Crippen molar-refractivity contribution in [2.45, 2.75) is 12.5 Å². The lowest BCUT2D eigenvalue weighted by Crippen LogP contribution is -2.23. The van der Waals surface area contributed by atoms with Crippen LogP contribution >= 0.6 is 23.2 Å². The first-order valence-corrected chi connectivity index (χ1v) is 10.6. The van der Waals surface area contributed by atoms with Gasteiger partial charge in [0.05, 0.1) is 16.4 Å². The third-order valence-electron chi connectivity index (χ3n) is 6.25. The first kappa shape index (κ1) is 18.8. The average molecular weight is 458 g/mol. The standard InChI is InChI=1S/C20H17Cl2N7O2/c1-27-8-23-19-17(27)20(30)29(9-24-19)7-15-25-18(26-31-15)16-11-5-28(6-12(11)16)10-2-3-13(21)14(22)4-10/h2-4,8-9,11-12,16H,5-7H2,1H3/t11-,12+,16?. The van der Waals surface area contributed by atoms with Crippen LogP contribution in [0.25, 0.3) is 11.2 Å². The van der Waals surface area contributed by atoms with Crippen LogP contribution in [0.15, 0.2) is 40.2 Å². The number of aromatic nitrogens is 6. The molecular formula is C20H17Cl2N7O2. The smallest absolute Gasteiger partial charge is 0.280 e. The van der Waals surface area contributed by atoms with Crippen LogP contribution in [0.4, 0.5) is 5.69 Å². The Morgan fingerprint density at radius 1 is 1.13 bits per heavy atom. The van der Waals surface area contributed by atoms with E-state index in [2.05, 4.69) is 25.0 Å². The monoisotopic (exact) mass is 457 g/mol. The summed E-state index contributed by atoms with van der Waals surface area (Å²) in [6, 6.07) is 5.72. The summed E-state index contributed by atoms with van der Waals surface area (Å²) in [6.45, 7) is 2.01. The molecule has 1 aliphatic heterocycles. The molecule has 2 fully saturated rings. The summed E-state index contributed by atoms with van der Waals surface area (Å²) in [5.41, 5.74) is 1.76. The van der Waals surface area contributed by atoms with Gasteiger partial charge in [-0.3, -0.25) is 9.36 Å². The molecule has 1 saturated heterocycles. The molecule has 4 heterocycles. The molecule has 0 N–H and O–H groups in total. The Kier molecular flexibility index (Phi) is 4.13. The fraction of sp³-hybridized carbons (Fsp3) is 0.350. The Morgan fingerprint density at radius 2 is 1.90 bits per heavy atom. The fourth-order valence-electron chi connectivity index (χ4n) is 4.60. The van der Waals surface area contributed by atoms with Crippen LogP contribution in [-0.4, -0.2) is 42.3 Å². The lowest BCUT2D eigenvalue weighted by Gasteiger charge is -2.21. The van der Waals surface area contributed by atoms with E-state index in [1.807, 2.05) is 18.2 Å². The van der Waals surface area contributed by atoms with Gasteiger partial charge in [-0.15, -0.1) is 0 Å². The summed E-state index contributed by atoms with van der Waals surface area (Å²) in [5, 5.41) is 5.31. The molecule has 3 atom stereocenters.